The minimum Gasteiger partial charge on any atom is -0.338 e. The van der Waals surface area contributed by atoms with E-state index in [2.05, 4.69) is 0 Å². The molecule has 33 heavy (non-hydrogen) atoms. The van der Waals surface area contributed by atoms with E-state index in [4.69, 9.17) is 0 Å². The van der Waals surface area contributed by atoms with Crippen LogP contribution >= 0.6 is 0 Å². The summed E-state index contributed by atoms with van der Waals surface area (Å²) in [5.74, 6) is -1.97. The highest BCUT2D eigenvalue weighted by Crippen LogP contribution is 2.26. The van der Waals surface area contributed by atoms with E-state index in [0.717, 1.165) is 22.6 Å². The van der Waals surface area contributed by atoms with Crippen LogP contribution in [-0.2, 0) is 9.59 Å². The Labute approximate surface area is 188 Å². The Hall–Kier alpha value is -4.34. The zero-order chi connectivity index (χ0) is 23.5. The molecule has 4 rings (SSSR count). The molecule has 10 heteroatoms. The molecule has 0 aliphatic carbocycles. The molecule has 0 atom stereocenters. The average molecular weight is 448 g/mol. The van der Waals surface area contributed by atoms with Crippen LogP contribution in [0.25, 0.3) is 6.08 Å². The highest BCUT2D eigenvalue weighted by Gasteiger charge is 2.38. The van der Waals surface area contributed by atoms with Crippen LogP contribution in [0.1, 0.15) is 26.3 Å². The summed E-state index contributed by atoms with van der Waals surface area (Å²) in [6.45, 7) is 0.759. The summed E-state index contributed by atoms with van der Waals surface area (Å²) in [4.78, 5) is 64.5. The van der Waals surface area contributed by atoms with E-state index in [1.54, 1.807) is 11.0 Å². The van der Waals surface area contributed by atoms with Gasteiger partial charge in [0, 0.05) is 44.4 Å². The molecule has 0 spiro atoms. The fourth-order valence-electron chi connectivity index (χ4n) is 3.78. The van der Waals surface area contributed by atoms with Crippen molar-refractivity contribution in [2.75, 3.05) is 32.7 Å². The van der Waals surface area contributed by atoms with Gasteiger partial charge in [-0.25, -0.2) is 0 Å². The van der Waals surface area contributed by atoms with Crippen molar-refractivity contribution in [3.63, 3.8) is 0 Å². The summed E-state index contributed by atoms with van der Waals surface area (Å²) < 4.78 is 0. The van der Waals surface area contributed by atoms with Crippen LogP contribution in [-0.4, -0.2) is 76.0 Å². The zero-order valence-electron chi connectivity index (χ0n) is 17.5. The van der Waals surface area contributed by atoms with Gasteiger partial charge in [0.05, 0.1) is 16.1 Å². The number of non-ortho nitro benzene ring substituents is 1. The normalized spacial score (nSPS) is 15.8. The summed E-state index contributed by atoms with van der Waals surface area (Å²) in [6, 6.07) is 12.8. The van der Waals surface area contributed by atoms with Crippen molar-refractivity contribution in [3.8, 4) is 0 Å². The fourth-order valence-corrected chi connectivity index (χ4v) is 3.78. The predicted molar refractivity (Wildman–Crippen MR) is 117 cm³/mol. The number of nitro benzene ring substituents is 1. The van der Waals surface area contributed by atoms with Gasteiger partial charge >= 0.3 is 0 Å². The molecule has 10 nitrogen and oxygen atoms in total. The van der Waals surface area contributed by atoms with Gasteiger partial charge in [0.25, 0.3) is 17.5 Å². The molecule has 2 aliphatic rings. The molecular formula is C23H20N4O6. The van der Waals surface area contributed by atoms with Gasteiger partial charge in [-0.15, -0.1) is 0 Å². The maximum Gasteiger partial charge on any atom is 0.270 e. The summed E-state index contributed by atoms with van der Waals surface area (Å²) in [5, 5.41) is 10.9. The van der Waals surface area contributed by atoms with Crippen molar-refractivity contribution in [2.45, 2.75) is 0 Å². The lowest BCUT2D eigenvalue weighted by molar-refractivity contribution is -0.384. The lowest BCUT2D eigenvalue weighted by Gasteiger charge is -2.34. The Morgan fingerprint density at radius 3 is 2.21 bits per heavy atom. The van der Waals surface area contributed by atoms with Gasteiger partial charge < -0.3 is 9.80 Å². The topological polar surface area (TPSA) is 121 Å². The Kier molecular flexibility index (Phi) is 5.99. The maximum atomic E-state index is 12.7. The van der Waals surface area contributed by atoms with Crippen molar-refractivity contribution in [1.82, 2.24) is 14.7 Å². The average Bonchev–Trinajstić information content (AvgIpc) is 3.07. The number of hydrogen-bond donors (Lipinski definition) is 0. The number of imide groups is 1. The number of carbonyl (C=O) groups is 4. The molecule has 0 bridgehead atoms. The highest BCUT2D eigenvalue weighted by molar-refractivity contribution is 6.22. The molecule has 0 aromatic heterocycles. The monoisotopic (exact) mass is 448 g/mol. The standard InChI is InChI=1S/C23H20N4O6/c28-20(9-6-16-4-2-1-3-5-16)24-10-12-25(13-11-24)21(29)15-26-22(30)18-8-7-17(27(32)33)14-19(18)23(26)31/h1-9,14H,10-13,15H2/b9-6+. The minimum absolute atomic E-state index is 0.0408. The first-order valence-electron chi connectivity index (χ1n) is 10.3. The molecule has 0 unspecified atom stereocenters. The lowest BCUT2D eigenvalue weighted by Crippen LogP contribution is -2.52. The van der Waals surface area contributed by atoms with E-state index in [1.165, 1.54) is 17.0 Å². The zero-order valence-corrected chi connectivity index (χ0v) is 17.5. The number of carbonyl (C=O) groups excluding carboxylic acids is 4. The second-order valence-electron chi connectivity index (χ2n) is 7.63. The first kappa shape index (κ1) is 21.9. The molecule has 2 heterocycles. The molecule has 4 amide bonds. The number of nitrogens with zero attached hydrogens (tertiary/aromatic N) is 4. The summed E-state index contributed by atoms with van der Waals surface area (Å²) in [6.07, 6.45) is 3.22. The number of nitro groups is 1. The number of fused-ring (bicyclic) bond motifs is 1. The molecule has 2 aromatic rings. The molecule has 0 N–H and O–H groups in total. The minimum atomic E-state index is -0.730. The Bertz CT molecular complexity index is 1170. The van der Waals surface area contributed by atoms with E-state index in [0.29, 0.717) is 13.1 Å². The Morgan fingerprint density at radius 2 is 1.55 bits per heavy atom. The van der Waals surface area contributed by atoms with Crippen LogP contribution in [0.2, 0.25) is 0 Å². The van der Waals surface area contributed by atoms with Crippen LogP contribution in [0.15, 0.2) is 54.6 Å². The largest absolute Gasteiger partial charge is 0.338 e. The van der Waals surface area contributed by atoms with E-state index in [1.807, 2.05) is 30.3 Å². The second-order valence-corrected chi connectivity index (χ2v) is 7.63. The smallest absolute Gasteiger partial charge is 0.270 e. The van der Waals surface area contributed by atoms with Crippen molar-refractivity contribution in [1.29, 1.82) is 0 Å². The number of amides is 4. The van der Waals surface area contributed by atoms with Gasteiger partial charge in [-0.2, -0.15) is 0 Å². The van der Waals surface area contributed by atoms with Crippen LogP contribution in [0.5, 0.6) is 0 Å². The fraction of sp³-hybridized carbons (Fsp3) is 0.217. The lowest BCUT2D eigenvalue weighted by atomic mass is 10.1. The van der Waals surface area contributed by atoms with Crippen LogP contribution in [0, 0.1) is 10.1 Å². The number of hydrogen-bond acceptors (Lipinski definition) is 6. The van der Waals surface area contributed by atoms with Crippen molar-refractivity contribution >= 4 is 35.4 Å². The third kappa shape index (κ3) is 4.49. The third-order valence-electron chi connectivity index (χ3n) is 5.62. The van der Waals surface area contributed by atoms with E-state index < -0.39 is 29.2 Å². The van der Waals surface area contributed by atoms with Gasteiger partial charge in [0.15, 0.2) is 0 Å². The first-order chi connectivity index (χ1) is 15.8. The predicted octanol–water partition coefficient (Wildman–Crippen LogP) is 1.57. The first-order valence-corrected chi connectivity index (χ1v) is 10.3. The molecule has 0 saturated carbocycles. The van der Waals surface area contributed by atoms with Crippen LogP contribution < -0.4 is 0 Å². The van der Waals surface area contributed by atoms with Crippen LogP contribution in [0.3, 0.4) is 0 Å². The SMILES string of the molecule is O=C(/C=C/c1ccccc1)N1CCN(C(=O)CN2C(=O)c3ccc([N+](=O)[O-])cc3C2=O)CC1. The van der Waals surface area contributed by atoms with E-state index >= 15 is 0 Å². The Balaban J connectivity index is 1.33. The highest BCUT2D eigenvalue weighted by atomic mass is 16.6. The van der Waals surface area contributed by atoms with Crippen molar-refractivity contribution in [3.05, 3.63) is 81.4 Å². The summed E-state index contributed by atoms with van der Waals surface area (Å²) >= 11 is 0. The Morgan fingerprint density at radius 1 is 0.909 bits per heavy atom. The van der Waals surface area contributed by atoms with Gasteiger partial charge in [0.1, 0.15) is 6.54 Å². The van der Waals surface area contributed by atoms with Crippen LogP contribution in [0.4, 0.5) is 5.69 Å². The third-order valence-corrected chi connectivity index (χ3v) is 5.62. The van der Waals surface area contributed by atoms with Crippen molar-refractivity contribution < 1.29 is 24.1 Å². The van der Waals surface area contributed by atoms with E-state index in [9.17, 15) is 29.3 Å². The quantitative estimate of drug-likeness (QED) is 0.296. The number of rotatable bonds is 5. The second kappa shape index (κ2) is 9.03. The molecular weight excluding hydrogens is 428 g/mol. The molecule has 0 radical (unpaired) electrons. The van der Waals surface area contributed by atoms with Gasteiger partial charge in [-0.3, -0.25) is 34.2 Å². The molecule has 168 valence electrons. The maximum absolute atomic E-state index is 12.7. The molecule has 2 aromatic carbocycles. The summed E-state index contributed by atoms with van der Waals surface area (Å²) in [5.41, 5.74) is 0.567. The van der Waals surface area contributed by atoms with Crippen molar-refractivity contribution in [2.24, 2.45) is 0 Å². The van der Waals surface area contributed by atoms with Gasteiger partial charge in [-0.05, 0) is 17.7 Å². The summed E-state index contributed by atoms with van der Waals surface area (Å²) in [7, 11) is 0. The van der Waals surface area contributed by atoms with Gasteiger partial charge in [-0.1, -0.05) is 30.3 Å². The molecule has 1 fully saturated rings. The van der Waals surface area contributed by atoms with Gasteiger partial charge in [0.2, 0.25) is 11.8 Å². The number of piperazine rings is 1. The van der Waals surface area contributed by atoms with E-state index in [-0.39, 0.29) is 35.8 Å². The molecule has 2 aliphatic heterocycles. The number of benzene rings is 2. The molecule has 1 saturated heterocycles.